The molecule has 2 atom stereocenters. The van der Waals surface area contributed by atoms with Gasteiger partial charge in [-0.15, -0.1) is 0 Å². The molecule has 0 bridgehead atoms. The predicted molar refractivity (Wildman–Crippen MR) is 144 cm³/mol. The molecular weight excluding hydrogens is 462 g/mol. The highest BCUT2D eigenvalue weighted by molar-refractivity contribution is 6.31. The van der Waals surface area contributed by atoms with E-state index in [1.165, 1.54) is 6.42 Å². The number of halogens is 1. The van der Waals surface area contributed by atoms with Gasteiger partial charge in [-0.1, -0.05) is 31.0 Å². The highest BCUT2D eigenvalue weighted by atomic mass is 35.5. The molecular formula is C27H38ClN5O2. The molecule has 0 aromatic heterocycles. The van der Waals surface area contributed by atoms with Crippen molar-refractivity contribution in [2.75, 3.05) is 26.2 Å². The fraction of sp³-hybridized carbons (Fsp3) is 0.519. The van der Waals surface area contributed by atoms with Crippen molar-refractivity contribution in [1.29, 1.82) is 0 Å². The maximum absolute atomic E-state index is 11.8. The van der Waals surface area contributed by atoms with Crippen LogP contribution in [0.2, 0.25) is 5.02 Å². The van der Waals surface area contributed by atoms with E-state index in [0.29, 0.717) is 29.2 Å². The Bertz CT molecular complexity index is 949. The van der Waals surface area contributed by atoms with Crippen molar-refractivity contribution in [1.82, 2.24) is 16.0 Å². The summed E-state index contributed by atoms with van der Waals surface area (Å²) < 4.78 is 5.80. The zero-order valence-electron chi connectivity index (χ0n) is 20.7. The number of allylic oxidation sites excluding steroid dienone is 2. The SMILES string of the molecule is C=N/N=C(\CCC1CCCC(C(=C)N/C(C=O)=C2\CCNCCN2)C1)c1cc(Cl)ccc1OCC. The predicted octanol–water partition coefficient (Wildman–Crippen LogP) is 4.83. The Labute approximate surface area is 214 Å². The van der Waals surface area contributed by atoms with Crippen LogP contribution in [0.25, 0.3) is 0 Å². The van der Waals surface area contributed by atoms with Gasteiger partial charge < -0.3 is 20.7 Å². The van der Waals surface area contributed by atoms with Gasteiger partial charge in [0.2, 0.25) is 0 Å². The van der Waals surface area contributed by atoms with E-state index in [1.807, 2.05) is 25.1 Å². The summed E-state index contributed by atoms with van der Waals surface area (Å²) in [6, 6.07) is 5.59. The molecule has 2 fully saturated rings. The third-order valence-corrected chi connectivity index (χ3v) is 6.97. The van der Waals surface area contributed by atoms with Gasteiger partial charge in [0.05, 0.1) is 18.0 Å². The number of rotatable bonds is 11. The minimum absolute atomic E-state index is 0.330. The zero-order valence-corrected chi connectivity index (χ0v) is 21.5. The summed E-state index contributed by atoms with van der Waals surface area (Å²) in [6.45, 7) is 13.0. The number of nitrogens with zero attached hydrogens (tertiary/aromatic N) is 2. The van der Waals surface area contributed by atoms with Gasteiger partial charge in [-0.25, -0.2) is 0 Å². The van der Waals surface area contributed by atoms with E-state index in [2.05, 4.69) is 39.4 Å². The molecule has 1 saturated carbocycles. The Morgan fingerprint density at radius 1 is 1.31 bits per heavy atom. The number of aldehydes is 1. The Kier molecular flexibility index (Phi) is 10.8. The molecule has 0 radical (unpaired) electrons. The van der Waals surface area contributed by atoms with Crippen molar-refractivity contribution < 1.29 is 9.53 Å². The lowest BCUT2D eigenvalue weighted by Gasteiger charge is -2.31. The van der Waals surface area contributed by atoms with Crippen LogP contribution in [0, 0.1) is 11.8 Å². The molecule has 190 valence electrons. The maximum atomic E-state index is 11.8. The van der Waals surface area contributed by atoms with Crippen molar-refractivity contribution in [3.8, 4) is 5.75 Å². The van der Waals surface area contributed by atoms with Gasteiger partial charge in [0, 0.05) is 54.8 Å². The second kappa shape index (κ2) is 14.0. The molecule has 1 aromatic carbocycles. The average Bonchev–Trinajstić information content (AvgIpc) is 3.16. The Hall–Kier alpha value is -2.64. The number of hydrogen-bond acceptors (Lipinski definition) is 7. The minimum atomic E-state index is 0.330. The zero-order chi connectivity index (χ0) is 25.0. The topological polar surface area (TPSA) is 87.1 Å². The van der Waals surface area contributed by atoms with Gasteiger partial charge in [0.1, 0.15) is 5.75 Å². The summed E-state index contributed by atoms with van der Waals surface area (Å²) in [4.78, 5) is 11.8. The van der Waals surface area contributed by atoms with E-state index in [-0.39, 0.29) is 0 Å². The first-order valence-electron chi connectivity index (χ1n) is 12.6. The molecule has 1 aliphatic carbocycles. The molecule has 0 amide bonds. The molecule has 8 heteroatoms. The van der Waals surface area contributed by atoms with E-state index in [9.17, 15) is 4.79 Å². The van der Waals surface area contributed by atoms with Crippen molar-refractivity contribution in [3.05, 3.63) is 52.5 Å². The van der Waals surface area contributed by atoms with Crippen molar-refractivity contribution >= 4 is 30.3 Å². The van der Waals surface area contributed by atoms with Crippen LogP contribution in [-0.2, 0) is 4.79 Å². The van der Waals surface area contributed by atoms with Crippen LogP contribution in [0.1, 0.15) is 57.4 Å². The number of ether oxygens (including phenoxy) is 1. The van der Waals surface area contributed by atoms with Crippen molar-refractivity contribution in [2.24, 2.45) is 22.0 Å². The highest BCUT2D eigenvalue weighted by Crippen LogP contribution is 2.36. The van der Waals surface area contributed by atoms with Crippen LogP contribution in [-0.4, -0.2) is 45.0 Å². The summed E-state index contributed by atoms with van der Waals surface area (Å²) >= 11 is 6.27. The largest absolute Gasteiger partial charge is 0.493 e. The molecule has 3 N–H and O–H groups in total. The van der Waals surface area contributed by atoms with Crippen molar-refractivity contribution in [2.45, 2.75) is 51.9 Å². The summed E-state index contributed by atoms with van der Waals surface area (Å²) in [5.41, 5.74) is 4.21. The summed E-state index contributed by atoms with van der Waals surface area (Å²) in [7, 11) is 0. The van der Waals surface area contributed by atoms with Gasteiger partial charge in [0.25, 0.3) is 0 Å². The summed E-state index contributed by atoms with van der Waals surface area (Å²) in [6.07, 6.45) is 7.86. The molecule has 0 spiro atoms. The number of carbonyl (C=O) groups is 1. The fourth-order valence-electron chi connectivity index (χ4n) is 4.95. The van der Waals surface area contributed by atoms with Gasteiger partial charge in [-0.2, -0.15) is 10.2 Å². The average molecular weight is 500 g/mol. The Morgan fingerprint density at radius 2 is 2.17 bits per heavy atom. The minimum Gasteiger partial charge on any atom is -0.493 e. The van der Waals surface area contributed by atoms with Gasteiger partial charge in [-0.3, -0.25) is 4.79 Å². The monoisotopic (exact) mass is 499 g/mol. The van der Waals surface area contributed by atoms with Crippen LogP contribution in [0.3, 0.4) is 0 Å². The van der Waals surface area contributed by atoms with E-state index in [1.54, 1.807) is 0 Å². The number of benzene rings is 1. The first kappa shape index (κ1) is 27.0. The van der Waals surface area contributed by atoms with Gasteiger partial charge >= 0.3 is 0 Å². The summed E-state index contributed by atoms with van der Waals surface area (Å²) in [5.74, 6) is 1.62. The maximum Gasteiger partial charge on any atom is 0.168 e. The lowest BCUT2D eigenvalue weighted by atomic mass is 9.77. The first-order chi connectivity index (χ1) is 17.0. The molecule has 3 rings (SSSR count). The van der Waals surface area contributed by atoms with Crippen LogP contribution in [0.5, 0.6) is 5.75 Å². The van der Waals surface area contributed by atoms with Crippen LogP contribution >= 0.6 is 11.6 Å². The van der Waals surface area contributed by atoms with Crippen molar-refractivity contribution in [3.63, 3.8) is 0 Å². The molecule has 35 heavy (non-hydrogen) atoms. The van der Waals surface area contributed by atoms with E-state index < -0.39 is 0 Å². The normalized spacial score (nSPS) is 22.4. The molecule has 7 nitrogen and oxygen atoms in total. The lowest BCUT2D eigenvalue weighted by Crippen LogP contribution is -2.28. The quantitative estimate of drug-likeness (QED) is 0.176. The summed E-state index contributed by atoms with van der Waals surface area (Å²) in [5, 5.41) is 18.8. The second-order valence-corrected chi connectivity index (χ2v) is 9.55. The number of carbonyl (C=O) groups excluding carboxylic acids is 1. The van der Waals surface area contributed by atoms with Gasteiger partial charge in [0.15, 0.2) is 6.29 Å². The molecule has 1 aliphatic heterocycles. The Morgan fingerprint density at radius 3 is 2.94 bits per heavy atom. The fourth-order valence-corrected chi connectivity index (χ4v) is 5.13. The van der Waals surface area contributed by atoms with E-state index >= 15 is 0 Å². The third-order valence-electron chi connectivity index (χ3n) is 6.74. The lowest BCUT2D eigenvalue weighted by molar-refractivity contribution is -0.105. The highest BCUT2D eigenvalue weighted by Gasteiger charge is 2.26. The first-order valence-corrected chi connectivity index (χ1v) is 13.0. The van der Waals surface area contributed by atoms with E-state index in [4.69, 9.17) is 16.3 Å². The molecule has 1 aromatic rings. The molecule has 2 unspecified atom stereocenters. The molecule has 1 saturated heterocycles. The van der Waals surface area contributed by atoms with Crippen LogP contribution in [0.4, 0.5) is 0 Å². The van der Waals surface area contributed by atoms with Crippen LogP contribution in [0.15, 0.2) is 52.1 Å². The second-order valence-electron chi connectivity index (χ2n) is 9.12. The van der Waals surface area contributed by atoms with Gasteiger partial charge in [-0.05, 0) is 62.6 Å². The Balaban J connectivity index is 1.63. The molecule has 2 aliphatic rings. The third kappa shape index (κ3) is 7.94. The van der Waals surface area contributed by atoms with E-state index in [0.717, 1.165) is 92.9 Å². The smallest absolute Gasteiger partial charge is 0.168 e. The number of hydrogen-bond donors (Lipinski definition) is 3. The van der Waals surface area contributed by atoms with Crippen LogP contribution < -0.4 is 20.7 Å². The number of nitrogens with one attached hydrogen (secondary N) is 3. The standard InChI is InChI=1S/C27H38ClN5O2/c1-4-35-27-11-9-22(28)17-23(27)24(33-29-3)10-8-20-6-5-7-21(16-20)19(2)32-26(18-34)25-12-13-30-14-15-31-25/h9,11,17-18,20-21,30-32H,2-8,10,12-16H2,1H3/b26-25+,33-24+. The molecule has 1 heterocycles.